The smallest absolute Gasteiger partial charge is 0.261 e. The molecule has 4 rings (SSSR count). The number of imide groups is 1. The van der Waals surface area contributed by atoms with E-state index in [1.165, 1.54) is 4.90 Å². The summed E-state index contributed by atoms with van der Waals surface area (Å²) in [7, 11) is 0. The predicted molar refractivity (Wildman–Crippen MR) is 107 cm³/mol. The minimum absolute atomic E-state index is 0.0279. The van der Waals surface area contributed by atoms with E-state index in [-0.39, 0.29) is 36.3 Å². The number of benzene rings is 2. The summed E-state index contributed by atoms with van der Waals surface area (Å²) in [6, 6.07) is 11.4. The van der Waals surface area contributed by atoms with Crippen molar-refractivity contribution < 1.29 is 14.4 Å². The third-order valence-electron chi connectivity index (χ3n) is 5.78. The zero-order chi connectivity index (χ0) is 19.7. The van der Waals surface area contributed by atoms with E-state index in [4.69, 9.17) is 5.73 Å². The van der Waals surface area contributed by atoms with Crippen molar-refractivity contribution in [3.63, 3.8) is 0 Å². The molecule has 1 heterocycles. The number of nitrogens with two attached hydrogens (primary N) is 1. The highest BCUT2D eigenvalue weighted by Crippen LogP contribution is 2.30. The second-order valence-corrected chi connectivity index (χ2v) is 7.75. The van der Waals surface area contributed by atoms with E-state index in [0.29, 0.717) is 24.0 Å². The predicted octanol–water partition coefficient (Wildman–Crippen LogP) is 2.60. The molecule has 3 N–H and O–H groups in total. The summed E-state index contributed by atoms with van der Waals surface area (Å²) in [6.45, 7) is 0.241. The van der Waals surface area contributed by atoms with Gasteiger partial charge >= 0.3 is 0 Å². The van der Waals surface area contributed by atoms with Gasteiger partial charge in [0.2, 0.25) is 5.91 Å². The van der Waals surface area contributed by atoms with E-state index in [0.717, 1.165) is 36.5 Å². The molecule has 3 amide bonds. The molecule has 0 spiro atoms. The summed E-state index contributed by atoms with van der Waals surface area (Å²) in [6.07, 6.45) is 4.45. The molecule has 146 valence electrons. The number of hydrogen-bond donors (Lipinski definition) is 2. The fraction of sp³-hybridized carbons (Fsp3) is 0.409. The normalized spacial score (nSPS) is 21.8. The van der Waals surface area contributed by atoms with Gasteiger partial charge in [0.25, 0.3) is 11.8 Å². The quantitative estimate of drug-likeness (QED) is 0.781. The Balaban J connectivity index is 1.37. The number of nitrogens with zero attached hydrogens (tertiary/aromatic N) is 1. The lowest BCUT2D eigenvalue weighted by atomic mass is 9.92. The zero-order valence-electron chi connectivity index (χ0n) is 15.8. The number of rotatable bonds is 5. The standard InChI is InChI=1S/C22H25N3O3/c23-15-9-11-16(12-10-15)24-19(26)8-3-13-25-21(27)17-6-1-4-14-5-2-7-18(20(14)17)22(25)28/h1-2,4-7,15-16H,3,8-13,23H2,(H,24,26). The van der Waals surface area contributed by atoms with Gasteiger partial charge in [0, 0.05) is 41.6 Å². The summed E-state index contributed by atoms with van der Waals surface area (Å²) in [5, 5.41) is 4.67. The Morgan fingerprint density at radius 2 is 1.61 bits per heavy atom. The van der Waals surface area contributed by atoms with Gasteiger partial charge in [-0.15, -0.1) is 0 Å². The van der Waals surface area contributed by atoms with Crippen molar-refractivity contribution in [1.82, 2.24) is 10.2 Å². The van der Waals surface area contributed by atoms with Gasteiger partial charge in [0.15, 0.2) is 0 Å². The van der Waals surface area contributed by atoms with Gasteiger partial charge < -0.3 is 11.1 Å². The van der Waals surface area contributed by atoms with Crippen molar-refractivity contribution in [1.29, 1.82) is 0 Å². The van der Waals surface area contributed by atoms with Crippen LogP contribution >= 0.6 is 0 Å². The van der Waals surface area contributed by atoms with Crippen LogP contribution in [-0.2, 0) is 4.79 Å². The minimum Gasteiger partial charge on any atom is -0.353 e. The van der Waals surface area contributed by atoms with Gasteiger partial charge in [-0.05, 0) is 49.6 Å². The maximum atomic E-state index is 12.8. The molecule has 0 unspecified atom stereocenters. The minimum atomic E-state index is -0.282. The molecule has 6 heteroatoms. The van der Waals surface area contributed by atoms with Crippen molar-refractivity contribution in [2.45, 2.75) is 50.6 Å². The zero-order valence-corrected chi connectivity index (χ0v) is 15.8. The number of hydrogen-bond acceptors (Lipinski definition) is 4. The monoisotopic (exact) mass is 379 g/mol. The molecule has 1 saturated carbocycles. The lowest BCUT2D eigenvalue weighted by Gasteiger charge is -2.28. The van der Waals surface area contributed by atoms with Crippen LogP contribution in [0.5, 0.6) is 0 Å². The molecule has 28 heavy (non-hydrogen) atoms. The molecule has 0 aromatic heterocycles. The fourth-order valence-electron chi connectivity index (χ4n) is 4.24. The van der Waals surface area contributed by atoms with E-state index in [2.05, 4.69) is 5.32 Å². The van der Waals surface area contributed by atoms with Gasteiger partial charge in [0.1, 0.15) is 0 Å². The van der Waals surface area contributed by atoms with E-state index in [1.54, 1.807) is 12.1 Å². The molecule has 2 aliphatic rings. The first-order valence-electron chi connectivity index (χ1n) is 9.97. The summed E-state index contributed by atoms with van der Waals surface area (Å²) >= 11 is 0. The first kappa shape index (κ1) is 18.6. The largest absolute Gasteiger partial charge is 0.353 e. The van der Waals surface area contributed by atoms with Gasteiger partial charge in [-0.25, -0.2) is 0 Å². The van der Waals surface area contributed by atoms with E-state index in [1.807, 2.05) is 24.3 Å². The van der Waals surface area contributed by atoms with Crippen LogP contribution in [-0.4, -0.2) is 41.2 Å². The highest BCUT2D eigenvalue weighted by Gasteiger charge is 2.32. The SMILES string of the molecule is NC1CCC(NC(=O)CCCN2C(=O)c3cccc4cccc(c34)C2=O)CC1. The van der Waals surface area contributed by atoms with Crippen LogP contribution < -0.4 is 11.1 Å². The van der Waals surface area contributed by atoms with Gasteiger partial charge in [-0.3, -0.25) is 19.3 Å². The Labute approximate surface area is 164 Å². The molecule has 6 nitrogen and oxygen atoms in total. The Morgan fingerprint density at radius 1 is 1.00 bits per heavy atom. The molecule has 0 atom stereocenters. The molecule has 2 aromatic carbocycles. The average Bonchev–Trinajstić information content (AvgIpc) is 2.70. The second-order valence-electron chi connectivity index (χ2n) is 7.75. The van der Waals surface area contributed by atoms with E-state index < -0.39 is 0 Å². The third kappa shape index (κ3) is 3.52. The van der Waals surface area contributed by atoms with Crippen LogP contribution in [0.25, 0.3) is 10.8 Å². The summed E-state index contributed by atoms with van der Waals surface area (Å²) in [5.74, 6) is -0.591. The molecule has 0 radical (unpaired) electrons. The Bertz CT molecular complexity index is 881. The molecule has 1 fully saturated rings. The van der Waals surface area contributed by atoms with Crippen molar-refractivity contribution in [2.75, 3.05) is 6.54 Å². The Morgan fingerprint density at radius 3 is 2.21 bits per heavy atom. The molecule has 2 aromatic rings. The maximum Gasteiger partial charge on any atom is 0.261 e. The van der Waals surface area contributed by atoms with Crippen LogP contribution in [0.3, 0.4) is 0 Å². The Kier molecular flexibility index (Phi) is 5.13. The van der Waals surface area contributed by atoms with E-state index >= 15 is 0 Å². The average molecular weight is 379 g/mol. The van der Waals surface area contributed by atoms with Crippen LogP contribution in [0, 0.1) is 0 Å². The number of carbonyl (C=O) groups excluding carboxylic acids is 3. The summed E-state index contributed by atoms with van der Waals surface area (Å²) in [4.78, 5) is 39.1. The molecule has 0 bridgehead atoms. The highest BCUT2D eigenvalue weighted by molar-refractivity contribution is 6.25. The Hall–Kier alpha value is -2.73. The lowest BCUT2D eigenvalue weighted by Crippen LogP contribution is -2.42. The molecular formula is C22H25N3O3. The van der Waals surface area contributed by atoms with Crippen molar-refractivity contribution >= 4 is 28.5 Å². The summed E-state index contributed by atoms with van der Waals surface area (Å²) in [5.41, 5.74) is 7.00. The second kappa shape index (κ2) is 7.72. The van der Waals surface area contributed by atoms with E-state index in [9.17, 15) is 14.4 Å². The highest BCUT2D eigenvalue weighted by atomic mass is 16.2. The van der Waals surface area contributed by atoms with Crippen molar-refractivity contribution in [3.8, 4) is 0 Å². The lowest BCUT2D eigenvalue weighted by molar-refractivity contribution is -0.122. The van der Waals surface area contributed by atoms with Crippen molar-refractivity contribution in [2.24, 2.45) is 5.73 Å². The third-order valence-corrected chi connectivity index (χ3v) is 5.78. The molecule has 1 aliphatic carbocycles. The van der Waals surface area contributed by atoms with Crippen LogP contribution in [0.4, 0.5) is 0 Å². The van der Waals surface area contributed by atoms with Crippen LogP contribution in [0.1, 0.15) is 59.2 Å². The number of carbonyl (C=O) groups is 3. The van der Waals surface area contributed by atoms with Crippen LogP contribution in [0.15, 0.2) is 36.4 Å². The van der Waals surface area contributed by atoms with Gasteiger partial charge in [0.05, 0.1) is 0 Å². The topological polar surface area (TPSA) is 92.5 Å². The van der Waals surface area contributed by atoms with Crippen LogP contribution in [0.2, 0.25) is 0 Å². The molecule has 1 aliphatic heterocycles. The first-order valence-corrected chi connectivity index (χ1v) is 9.97. The summed E-state index contributed by atoms with van der Waals surface area (Å²) < 4.78 is 0. The number of amides is 3. The number of nitrogens with one attached hydrogen (secondary N) is 1. The van der Waals surface area contributed by atoms with Crippen molar-refractivity contribution in [3.05, 3.63) is 47.5 Å². The maximum absolute atomic E-state index is 12.8. The van der Waals surface area contributed by atoms with Gasteiger partial charge in [-0.1, -0.05) is 24.3 Å². The van der Waals surface area contributed by atoms with Gasteiger partial charge in [-0.2, -0.15) is 0 Å². The molecule has 0 saturated heterocycles. The first-order chi connectivity index (χ1) is 13.5. The fourth-order valence-corrected chi connectivity index (χ4v) is 4.24. The molecular weight excluding hydrogens is 354 g/mol.